The van der Waals surface area contributed by atoms with Crippen molar-refractivity contribution in [3.8, 4) is 0 Å². The summed E-state index contributed by atoms with van der Waals surface area (Å²) in [6.07, 6.45) is 0. The third-order valence-corrected chi connectivity index (χ3v) is 6.64. The summed E-state index contributed by atoms with van der Waals surface area (Å²) in [6, 6.07) is 15.8. The van der Waals surface area contributed by atoms with E-state index in [0.29, 0.717) is 10.7 Å². The fraction of sp³-hybridized carbons (Fsp3) is 0.0526. The van der Waals surface area contributed by atoms with Gasteiger partial charge in [0.2, 0.25) is 0 Å². The molecule has 0 spiro atoms. The molecule has 3 rings (SSSR count). The summed E-state index contributed by atoms with van der Waals surface area (Å²) in [5.74, 6) is -1.19. The standard InChI is InChI=1S/C19H17N3O4S2/c1-22(14-7-3-2-4-8-14)28(25,26)15-9-5-6-13(12-15)18(24)21-19-16(17(20)23)10-11-27-19/h2-12H,1H3,(H2,20,23)(H,21,24). The fourth-order valence-corrected chi connectivity index (χ4v) is 4.54. The largest absolute Gasteiger partial charge is 0.366 e. The summed E-state index contributed by atoms with van der Waals surface area (Å²) in [7, 11) is -2.40. The molecule has 28 heavy (non-hydrogen) atoms. The number of carbonyl (C=O) groups excluding carboxylic acids is 2. The van der Waals surface area contributed by atoms with Crippen LogP contribution < -0.4 is 15.4 Å². The van der Waals surface area contributed by atoms with E-state index in [0.717, 1.165) is 15.6 Å². The SMILES string of the molecule is CN(c1ccccc1)S(=O)(=O)c1cccc(C(=O)Nc2sccc2C(N)=O)c1. The number of hydrogen-bond donors (Lipinski definition) is 2. The first-order valence-corrected chi connectivity index (χ1v) is 10.5. The number of para-hydroxylation sites is 1. The lowest BCUT2D eigenvalue weighted by molar-refractivity contribution is 0.100. The summed E-state index contributed by atoms with van der Waals surface area (Å²) in [5, 5.41) is 4.54. The molecule has 2 aromatic carbocycles. The minimum absolute atomic E-state index is 0.0205. The van der Waals surface area contributed by atoms with Gasteiger partial charge in [0.15, 0.2) is 0 Å². The van der Waals surface area contributed by atoms with Crippen LogP contribution in [0, 0.1) is 0 Å². The van der Waals surface area contributed by atoms with Crippen molar-refractivity contribution in [1.29, 1.82) is 0 Å². The van der Waals surface area contributed by atoms with Crippen LogP contribution in [0.25, 0.3) is 0 Å². The van der Waals surface area contributed by atoms with Crippen LogP contribution in [0.1, 0.15) is 20.7 Å². The van der Waals surface area contributed by atoms with Crippen molar-refractivity contribution in [2.45, 2.75) is 4.90 Å². The monoisotopic (exact) mass is 415 g/mol. The summed E-state index contributed by atoms with van der Waals surface area (Å²) in [4.78, 5) is 23.9. The number of nitrogens with zero attached hydrogens (tertiary/aromatic N) is 1. The van der Waals surface area contributed by atoms with Gasteiger partial charge in [0.1, 0.15) is 5.00 Å². The van der Waals surface area contributed by atoms with Crippen LogP contribution >= 0.6 is 11.3 Å². The van der Waals surface area contributed by atoms with Crippen molar-refractivity contribution < 1.29 is 18.0 Å². The van der Waals surface area contributed by atoms with Gasteiger partial charge in [0, 0.05) is 12.6 Å². The quantitative estimate of drug-likeness (QED) is 0.645. The predicted octanol–water partition coefficient (Wildman–Crippen LogP) is 2.92. The van der Waals surface area contributed by atoms with Crippen LogP contribution in [0.4, 0.5) is 10.7 Å². The first kappa shape index (κ1) is 19.6. The average Bonchev–Trinajstić information content (AvgIpc) is 3.16. The Hall–Kier alpha value is -3.17. The number of primary amides is 1. The minimum Gasteiger partial charge on any atom is -0.366 e. The molecule has 3 aromatic rings. The highest BCUT2D eigenvalue weighted by Crippen LogP contribution is 2.25. The highest BCUT2D eigenvalue weighted by Gasteiger charge is 2.23. The lowest BCUT2D eigenvalue weighted by Gasteiger charge is -2.19. The zero-order valence-electron chi connectivity index (χ0n) is 14.8. The number of anilines is 2. The second-order valence-electron chi connectivity index (χ2n) is 5.82. The summed E-state index contributed by atoms with van der Waals surface area (Å²) < 4.78 is 27.0. The number of nitrogens with one attached hydrogen (secondary N) is 1. The molecule has 0 unspecified atom stereocenters. The number of amides is 2. The average molecular weight is 415 g/mol. The van der Waals surface area contributed by atoms with Crippen molar-refractivity contribution in [1.82, 2.24) is 0 Å². The Morgan fingerprint density at radius 1 is 1.04 bits per heavy atom. The smallest absolute Gasteiger partial charge is 0.264 e. The molecular formula is C19H17N3O4S2. The van der Waals surface area contributed by atoms with Gasteiger partial charge in [0.25, 0.3) is 21.8 Å². The molecule has 0 aliphatic heterocycles. The molecule has 0 aliphatic rings. The first-order chi connectivity index (χ1) is 13.3. The molecule has 0 saturated heterocycles. The van der Waals surface area contributed by atoms with Crippen LogP contribution in [-0.4, -0.2) is 27.3 Å². The Bertz CT molecular complexity index is 1120. The summed E-state index contributed by atoms with van der Waals surface area (Å²) in [6.45, 7) is 0. The van der Waals surface area contributed by atoms with Gasteiger partial charge in [-0.3, -0.25) is 13.9 Å². The zero-order chi connectivity index (χ0) is 20.3. The van der Waals surface area contributed by atoms with Crippen LogP contribution in [0.5, 0.6) is 0 Å². The van der Waals surface area contributed by atoms with E-state index in [1.54, 1.807) is 35.7 Å². The van der Waals surface area contributed by atoms with Crippen molar-refractivity contribution in [2.75, 3.05) is 16.7 Å². The van der Waals surface area contributed by atoms with Gasteiger partial charge in [-0.25, -0.2) is 8.42 Å². The maximum Gasteiger partial charge on any atom is 0.264 e. The highest BCUT2D eigenvalue weighted by atomic mass is 32.2. The van der Waals surface area contributed by atoms with E-state index in [1.807, 2.05) is 0 Å². The molecule has 7 nitrogen and oxygen atoms in total. The Labute approximate surface area is 166 Å². The van der Waals surface area contributed by atoms with Gasteiger partial charge >= 0.3 is 0 Å². The van der Waals surface area contributed by atoms with Gasteiger partial charge in [-0.1, -0.05) is 24.3 Å². The van der Waals surface area contributed by atoms with Gasteiger partial charge in [-0.2, -0.15) is 0 Å². The molecule has 0 aliphatic carbocycles. The number of rotatable bonds is 6. The maximum absolute atomic E-state index is 12.9. The molecule has 0 radical (unpaired) electrons. The topological polar surface area (TPSA) is 110 Å². The van der Waals surface area contributed by atoms with Crippen molar-refractivity contribution in [2.24, 2.45) is 5.73 Å². The second-order valence-corrected chi connectivity index (χ2v) is 8.70. The third-order valence-electron chi connectivity index (χ3n) is 4.03. The Kier molecular flexibility index (Phi) is 5.48. The van der Waals surface area contributed by atoms with Gasteiger partial charge in [0.05, 0.1) is 16.1 Å². The zero-order valence-corrected chi connectivity index (χ0v) is 16.5. The van der Waals surface area contributed by atoms with Crippen LogP contribution in [0.15, 0.2) is 70.9 Å². The van der Waals surface area contributed by atoms with Crippen molar-refractivity contribution in [3.05, 3.63) is 77.2 Å². The van der Waals surface area contributed by atoms with E-state index in [1.165, 1.54) is 37.4 Å². The number of benzene rings is 2. The van der Waals surface area contributed by atoms with Crippen LogP contribution in [0.3, 0.4) is 0 Å². The second kappa shape index (κ2) is 7.83. The molecule has 0 saturated carbocycles. The Morgan fingerprint density at radius 2 is 1.75 bits per heavy atom. The highest BCUT2D eigenvalue weighted by molar-refractivity contribution is 7.92. The van der Waals surface area contributed by atoms with E-state index >= 15 is 0 Å². The van der Waals surface area contributed by atoms with E-state index < -0.39 is 21.8 Å². The van der Waals surface area contributed by atoms with E-state index in [4.69, 9.17) is 5.73 Å². The number of nitrogens with two attached hydrogens (primary N) is 1. The number of sulfonamides is 1. The lowest BCUT2D eigenvalue weighted by Crippen LogP contribution is -2.26. The van der Waals surface area contributed by atoms with E-state index in [9.17, 15) is 18.0 Å². The van der Waals surface area contributed by atoms with Crippen molar-refractivity contribution in [3.63, 3.8) is 0 Å². The Morgan fingerprint density at radius 3 is 2.43 bits per heavy atom. The lowest BCUT2D eigenvalue weighted by atomic mass is 10.2. The van der Waals surface area contributed by atoms with E-state index in [-0.39, 0.29) is 16.0 Å². The van der Waals surface area contributed by atoms with Gasteiger partial charge < -0.3 is 11.1 Å². The fourth-order valence-electron chi connectivity index (χ4n) is 2.51. The van der Waals surface area contributed by atoms with Gasteiger partial charge in [-0.15, -0.1) is 11.3 Å². The summed E-state index contributed by atoms with van der Waals surface area (Å²) >= 11 is 1.15. The minimum atomic E-state index is -3.85. The third kappa shape index (κ3) is 3.90. The molecule has 0 atom stereocenters. The molecule has 3 N–H and O–H groups in total. The summed E-state index contributed by atoms with van der Waals surface area (Å²) in [5.41, 5.74) is 6.12. The normalized spacial score (nSPS) is 11.0. The molecule has 0 bridgehead atoms. The maximum atomic E-state index is 12.9. The van der Waals surface area contributed by atoms with Crippen LogP contribution in [0.2, 0.25) is 0 Å². The first-order valence-electron chi connectivity index (χ1n) is 8.13. The molecule has 0 fully saturated rings. The number of thiophene rings is 1. The van der Waals surface area contributed by atoms with E-state index in [2.05, 4.69) is 5.32 Å². The number of carbonyl (C=O) groups is 2. The predicted molar refractivity (Wildman–Crippen MR) is 109 cm³/mol. The van der Waals surface area contributed by atoms with Crippen LogP contribution in [-0.2, 0) is 10.0 Å². The molecule has 9 heteroatoms. The van der Waals surface area contributed by atoms with Gasteiger partial charge in [-0.05, 0) is 41.8 Å². The number of hydrogen-bond acceptors (Lipinski definition) is 5. The molecule has 144 valence electrons. The Balaban J connectivity index is 1.88. The van der Waals surface area contributed by atoms with Crippen molar-refractivity contribution >= 4 is 43.9 Å². The molecule has 2 amide bonds. The molecule has 1 aromatic heterocycles. The molecule has 1 heterocycles. The molecular weight excluding hydrogens is 398 g/mol.